The molecule has 0 saturated carbocycles. The van der Waals surface area contributed by atoms with Crippen molar-refractivity contribution in [3.05, 3.63) is 46.8 Å². The van der Waals surface area contributed by atoms with Crippen LogP contribution >= 0.6 is 0 Å². The summed E-state index contributed by atoms with van der Waals surface area (Å²) in [5, 5.41) is 7.16. The highest BCUT2D eigenvalue weighted by molar-refractivity contribution is 5.39. The van der Waals surface area contributed by atoms with E-state index >= 15 is 0 Å². The first-order valence-electron chi connectivity index (χ1n) is 6.43. The molecule has 0 aliphatic heterocycles. The molecule has 1 unspecified atom stereocenters. The molecule has 0 bridgehead atoms. The third-order valence-electron chi connectivity index (χ3n) is 3.12. The van der Waals surface area contributed by atoms with Gasteiger partial charge in [-0.25, -0.2) is 0 Å². The monoisotopic (exact) mass is 260 g/mol. The molecule has 102 valence electrons. The fraction of sp³-hybridized carbons (Fsp3) is 0.400. The predicted octanol–water partition coefficient (Wildman–Crippen LogP) is 3.15. The lowest BCUT2D eigenvalue weighted by atomic mass is 10.0. The zero-order valence-electron chi connectivity index (χ0n) is 11.9. The first-order chi connectivity index (χ1) is 9.10. The Morgan fingerprint density at radius 2 is 2.11 bits per heavy atom. The molecule has 1 aromatic heterocycles. The molecule has 0 radical (unpaired) electrons. The molecule has 2 rings (SSSR count). The Hall–Kier alpha value is -1.81. The lowest BCUT2D eigenvalue weighted by Crippen LogP contribution is -2.14. The molecule has 0 spiro atoms. The van der Waals surface area contributed by atoms with Crippen LogP contribution in [0.4, 0.5) is 0 Å². The Bertz CT molecular complexity index is 549. The number of aryl methyl sites for hydroxylation is 2. The van der Waals surface area contributed by atoms with Crippen LogP contribution in [-0.4, -0.2) is 12.2 Å². The second-order valence-corrected chi connectivity index (χ2v) is 4.77. The van der Waals surface area contributed by atoms with Crippen molar-refractivity contribution in [2.75, 3.05) is 7.05 Å². The topological polar surface area (TPSA) is 47.3 Å². The molecular formula is C15H20N2O2. The van der Waals surface area contributed by atoms with E-state index in [0.717, 1.165) is 22.8 Å². The van der Waals surface area contributed by atoms with Gasteiger partial charge in [0.15, 0.2) is 0 Å². The number of ether oxygens (including phenoxy) is 1. The molecule has 1 N–H and O–H groups in total. The molecular weight excluding hydrogens is 240 g/mol. The quantitative estimate of drug-likeness (QED) is 0.897. The van der Waals surface area contributed by atoms with Gasteiger partial charge in [0.2, 0.25) is 0 Å². The number of hydrogen-bond donors (Lipinski definition) is 1. The van der Waals surface area contributed by atoms with Gasteiger partial charge in [-0.15, -0.1) is 0 Å². The van der Waals surface area contributed by atoms with Crippen molar-refractivity contribution >= 4 is 0 Å². The molecule has 1 atom stereocenters. The van der Waals surface area contributed by atoms with E-state index in [4.69, 9.17) is 9.26 Å². The molecule has 4 heteroatoms. The highest BCUT2D eigenvalue weighted by atomic mass is 16.5. The minimum absolute atomic E-state index is 0.244. The Labute approximate surface area is 113 Å². The molecule has 0 aliphatic carbocycles. The van der Waals surface area contributed by atoms with Gasteiger partial charge < -0.3 is 14.6 Å². The van der Waals surface area contributed by atoms with Crippen molar-refractivity contribution < 1.29 is 9.26 Å². The van der Waals surface area contributed by atoms with Gasteiger partial charge in [0.05, 0.1) is 0 Å². The molecule has 0 fully saturated rings. The van der Waals surface area contributed by atoms with Crippen molar-refractivity contribution in [2.24, 2.45) is 0 Å². The van der Waals surface area contributed by atoms with E-state index in [9.17, 15) is 0 Å². The maximum absolute atomic E-state index is 5.85. The summed E-state index contributed by atoms with van der Waals surface area (Å²) in [5.74, 6) is 1.68. The first-order valence-corrected chi connectivity index (χ1v) is 6.43. The van der Waals surface area contributed by atoms with Gasteiger partial charge in [0, 0.05) is 17.7 Å². The van der Waals surface area contributed by atoms with Crippen molar-refractivity contribution in [2.45, 2.75) is 33.4 Å². The fourth-order valence-electron chi connectivity index (χ4n) is 1.93. The zero-order valence-corrected chi connectivity index (χ0v) is 11.9. The van der Waals surface area contributed by atoms with Crippen LogP contribution in [0.5, 0.6) is 5.75 Å². The van der Waals surface area contributed by atoms with Gasteiger partial charge in [-0.2, -0.15) is 0 Å². The molecule has 19 heavy (non-hydrogen) atoms. The minimum atomic E-state index is 0.244. The van der Waals surface area contributed by atoms with E-state index in [0.29, 0.717) is 6.61 Å². The SMILES string of the molecule is CNC(C)c1cc(C)ccc1OCc1cc(C)on1. The summed E-state index contributed by atoms with van der Waals surface area (Å²) < 4.78 is 10.9. The summed E-state index contributed by atoms with van der Waals surface area (Å²) >= 11 is 0. The Kier molecular flexibility index (Phi) is 4.22. The fourth-order valence-corrected chi connectivity index (χ4v) is 1.93. The standard InChI is InChI=1S/C15H20N2O2/c1-10-5-6-15(14(7-10)12(3)16-4)18-9-13-8-11(2)19-17-13/h5-8,12,16H,9H2,1-4H3. The number of rotatable bonds is 5. The van der Waals surface area contributed by atoms with Gasteiger partial charge in [-0.3, -0.25) is 0 Å². The van der Waals surface area contributed by atoms with Crippen LogP contribution in [0.2, 0.25) is 0 Å². The first kappa shape index (κ1) is 13.6. The van der Waals surface area contributed by atoms with E-state index < -0.39 is 0 Å². The van der Waals surface area contributed by atoms with Crippen molar-refractivity contribution in [1.82, 2.24) is 10.5 Å². The largest absolute Gasteiger partial charge is 0.487 e. The van der Waals surface area contributed by atoms with E-state index in [1.807, 2.05) is 26.1 Å². The maximum Gasteiger partial charge on any atom is 0.134 e. The van der Waals surface area contributed by atoms with E-state index in [1.165, 1.54) is 5.56 Å². The molecule has 0 aliphatic rings. The van der Waals surface area contributed by atoms with Gasteiger partial charge in [-0.1, -0.05) is 22.9 Å². The van der Waals surface area contributed by atoms with E-state index in [2.05, 4.69) is 36.5 Å². The number of nitrogens with zero attached hydrogens (tertiary/aromatic N) is 1. The van der Waals surface area contributed by atoms with Crippen LogP contribution in [0.15, 0.2) is 28.8 Å². The smallest absolute Gasteiger partial charge is 0.134 e. The van der Waals surface area contributed by atoms with E-state index in [-0.39, 0.29) is 6.04 Å². The lowest BCUT2D eigenvalue weighted by Gasteiger charge is -2.16. The van der Waals surface area contributed by atoms with Gasteiger partial charge in [0.25, 0.3) is 0 Å². The third kappa shape index (κ3) is 3.35. The van der Waals surface area contributed by atoms with Gasteiger partial charge in [0.1, 0.15) is 23.8 Å². The number of aromatic nitrogens is 1. The van der Waals surface area contributed by atoms with Crippen LogP contribution in [0.25, 0.3) is 0 Å². The highest BCUT2D eigenvalue weighted by Crippen LogP contribution is 2.26. The highest BCUT2D eigenvalue weighted by Gasteiger charge is 2.11. The van der Waals surface area contributed by atoms with Gasteiger partial charge >= 0.3 is 0 Å². The summed E-state index contributed by atoms with van der Waals surface area (Å²) in [4.78, 5) is 0. The van der Waals surface area contributed by atoms with Crippen molar-refractivity contribution in [3.63, 3.8) is 0 Å². The molecule has 4 nitrogen and oxygen atoms in total. The molecule has 1 aromatic carbocycles. The second-order valence-electron chi connectivity index (χ2n) is 4.77. The van der Waals surface area contributed by atoms with E-state index in [1.54, 1.807) is 0 Å². The Balaban J connectivity index is 2.15. The van der Waals surface area contributed by atoms with Crippen LogP contribution in [0.1, 0.15) is 35.5 Å². The maximum atomic E-state index is 5.85. The van der Waals surface area contributed by atoms with Crippen LogP contribution in [0.3, 0.4) is 0 Å². The van der Waals surface area contributed by atoms with Crippen LogP contribution in [-0.2, 0) is 6.61 Å². The summed E-state index contributed by atoms with van der Waals surface area (Å²) in [7, 11) is 1.94. The number of benzene rings is 1. The summed E-state index contributed by atoms with van der Waals surface area (Å²) in [6.07, 6.45) is 0. The average molecular weight is 260 g/mol. The van der Waals surface area contributed by atoms with Crippen LogP contribution < -0.4 is 10.1 Å². The lowest BCUT2D eigenvalue weighted by molar-refractivity contribution is 0.283. The molecule has 0 amide bonds. The summed E-state index contributed by atoms with van der Waals surface area (Å²) in [5.41, 5.74) is 3.19. The molecule has 2 aromatic rings. The molecule has 1 heterocycles. The normalized spacial score (nSPS) is 12.4. The van der Waals surface area contributed by atoms with Crippen molar-refractivity contribution in [3.8, 4) is 5.75 Å². The van der Waals surface area contributed by atoms with Crippen molar-refractivity contribution in [1.29, 1.82) is 0 Å². The van der Waals surface area contributed by atoms with Gasteiger partial charge in [-0.05, 0) is 33.9 Å². The zero-order chi connectivity index (χ0) is 13.8. The average Bonchev–Trinajstić information content (AvgIpc) is 2.82. The Morgan fingerprint density at radius 1 is 1.32 bits per heavy atom. The molecule has 0 saturated heterocycles. The third-order valence-corrected chi connectivity index (χ3v) is 3.12. The predicted molar refractivity (Wildman–Crippen MR) is 74.2 cm³/mol. The number of hydrogen-bond acceptors (Lipinski definition) is 4. The summed E-state index contributed by atoms with van der Waals surface area (Å²) in [6, 6.07) is 8.33. The Morgan fingerprint density at radius 3 is 2.74 bits per heavy atom. The minimum Gasteiger partial charge on any atom is -0.487 e. The second kappa shape index (κ2) is 5.89. The number of nitrogens with one attached hydrogen (secondary N) is 1. The summed E-state index contributed by atoms with van der Waals surface area (Å²) in [6.45, 7) is 6.49. The van der Waals surface area contributed by atoms with Crippen LogP contribution in [0, 0.1) is 13.8 Å².